The Balaban J connectivity index is 0.000000423. The molecule has 1 aromatic heterocycles. The Morgan fingerprint density at radius 1 is 1.32 bits per heavy atom. The third-order valence-corrected chi connectivity index (χ3v) is 4.66. The molecule has 1 aromatic carbocycles. The lowest BCUT2D eigenvalue weighted by Gasteiger charge is -2.25. The van der Waals surface area contributed by atoms with Crippen LogP contribution < -0.4 is 16.4 Å². The molecule has 1 amide bonds. The van der Waals surface area contributed by atoms with Gasteiger partial charge in [-0.3, -0.25) is 9.87 Å². The van der Waals surface area contributed by atoms with Crippen LogP contribution in [0.1, 0.15) is 19.4 Å². The van der Waals surface area contributed by atoms with Crippen LogP contribution in [0.2, 0.25) is 0 Å². The summed E-state index contributed by atoms with van der Waals surface area (Å²) in [5.74, 6) is -0.0117. The highest BCUT2D eigenvalue weighted by molar-refractivity contribution is 7.85. The standard InChI is InChI=1S/C17H19N5O2.C2H6O4S/c1-3-24-17(23)21-13-9-12-15(16(18)20-13)22-14(10(2)19-12)11-7-5-4-6-8-11;3-1-2-7(4,5)6/h4-10,19H,3H2,1-2H3,(H3,18,20,21,23);3H,1-2H2,(H,4,5,6). The second-order valence-corrected chi connectivity index (χ2v) is 7.95. The normalized spacial score (nSPS) is 14.8. The maximum absolute atomic E-state index is 11.5. The third-order valence-electron chi connectivity index (χ3n) is 3.96. The Labute approximate surface area is 180 Å². The molecular weight excluding hydrogens is 426 g/mol. The van der Waals surface area contributed by atoms with Gasteiger partial charge in [0.2, 0.25) is 0 Å². The highest BCUT2D eigenvalue weighted by Gasteiger charge is 2.23. The van der Waals surface area contributed by atoms with Crippen molar-refractivity contribution in [2.45, 2.75) is 19.9 Å². The van der Waals surface area contributed by atoms with Gasteiger partial charge in [-0.25, -0.2) is 14.8 Å². The quantitative estimate of drug-likeness (QED) is 0.426. The number of nitrogen functional groups attached to an aromatic ring is 1. The molecule has 11 nitrogen and oxygen atoms in total. The van der Waals surface area contributed by atoms with Gasteiger partial charge in [0.05, 0.1) is 36.4 Å². The number of aliphatic hydroxyl groups is 1. The lowest BCUT2D eigenvalue weighted by Crippen LogP contribution is -2.30. The summed E-state index contributed by atoms with van der Waals surface area (Å²) >= 11 is 0. The molecule has 168 valence electrons. The van der Waals surface area contributed by atoms with E-state index < -0.39 is 28.6 Å². The Morgan fingerprint density at radius 2 is 2.00 bits per heavy atom. The van der Waals surface area contributed by atoms with E-state index >= 15 is 0 Å². The lowest BCUT2D eigenvalue weighted by molar-refractivity contribution is 0.168. The minimum Gasteiger partial charge on any atom is -0.450 e. The number of carbonyl (C=O) groups is 1. The number of hydrogen-bond acceptors (Lipinski definition) is 9. The first-order chi connectivity index (χ1) is 14.6. The van der Waals surface area contributed by atoms with E-state index in [9.17, 15) is 13.2 Å². The number of benzene rings is 1. The maximum Gasteiger partial charge on any atom is 0.412 e. The first kappa shape index (κ1) is 24.1. The number of anilines is 3. The number of nitrogens with one attached hydrogen (secondary N) is 2. The van der Waals surface area contributed by atoms with Gasteiger partial charge in [0, 0.05) is 6.07 Å². The highest BCUT2D eigenvalue weighted by Crippen LogP contribution is 2.37. The molecule has 6 N–H and O–H groups in total. The number of nitrogens with zero attached hydrogens (tertiary/aromatic N) is 2. The highest BCUT2D eigenvalue weighted by atomic mass is 32.2. The second kappa shape index (κ2) is 10.7. The fourth-order valence-corrected chi connectivity index (χ4v) is 2.91. The molecule has 12 heteroatoms. The zero-order valence-corrected chi connectivity index (χ0v) is 17.9. The van der Waals surface area contributed by atoms with Crippen molar-refractivity contribution in [2.24, 2.45) is 4.99 Å². The summed E-state index contributed by atoms with van der Waals surface area (Å²) in [5.41, 5.74) is 9.24. The predicted octanol–water partition coefficient (Wildman–Crippen LogP) is 2.03. The van der Waals surface area contributed by atoms with Crippen LogP contribution in [0.3, 0.4) is 0 Å². The van der Waals surface area contributed by atoms with E-state index in [-0.39, 0.29) is 18.5 Å². The van der Waals surface area contributed by atoms with Gasteiger partial charge in [0.25, 0.3) is 10.1 Å². The van der Waals surface area contributed by atoms with Crippen molar-refractivity contribution in [2.75, 3.05) is 35.3 Å². The maximum atomic E-state index is 11.5. The van der Waals surface area contributed by atoms with Gasteiger partial charge in [0.1, 0.15) is 11.5 Å². The number of ether oxygens (including phenoxy) is 1. The Bertz CT molecular complexity index is 1040. The summed E-state index contributed by atoms with van der Waals surface area (Å²) < 4.78 is 31.9. The number of carbonyl (C=O) groups excluding carboxylic acids is 1. The smallest absolute Gasteiger partial charge is 0.412 e. The van der Waals surface area contributed by atoms with Crippen molar-refractivity contribution in [3.8, 4) is 0 Å². The molecular formula is C19H25N5O6S. The van der Waals surface area contributed by atoms with Crippen molar-refractivity contribution in [1.29, 1.82) is 0 Å². The number of hydrogen-bond donors (Lipinski definition) is 5. The van der Waals surface area contributed by atoms with E-state index in [1.165, 1.54) is 0 Å². The monoisotopic (exact) mass is 451 g/mol. The zero-order chi connectivity index (χ0) is 23.0. The van der Waals surface area contributed by atoms with Crippen LogP contribution in [-0.2, 0) is 14.9 Å². The molecule has 0 fully saturated rings. The van der Waals surface area contributed by atoms with Crippen molar-refractivity contribution in [3.63, 3.8) is 0 Å². The number of aliphatic hydroxyl groups excluding tert-OH is 1. The van der Waals surface area contributed by atoms with Crippen LogP contribution in [-0.4, -0.2) is 59.9 Å². The predicted molar refractivity (Wildman–Crippen MR) is 119 cm³/mol. The molecule has 0 bridgehead atoms. The van der Waals surface area contributed by atoms with Crippen LogP contribution in [0.4, 0.5) is 27.8 Å². The Hall–Kier alpha value is -3.22. The average molecular weight is 452 g/mol. The van der Waals surface area contributed by atoms with Crippen LogP contribution in [0.5, 0.6) is 0 Å². The summed E-state index contributed by atoms with van der Waals surface area (Å²) in [6.45, 7) is 3.51. The van der Waals surface area contributed by atoms with Crippen LogP contribution >= 0.6 is 0 Å². The minimum absolute atomic E-state index is 0.00265. The number of pyridine rings is 1. The van der Waals surface area contributed by atoms with Gasteiger partial charge >= 0.3 is 6.09 Å². The van der Waals surface area contributed by atoms with Gasteiger partial charge in [-0.2, -0.15) is 8.42 Å². The number of aromatic nitrogens is 1. The molecule has 1 aliphatic heterocycles. The van der Waals surface area contributed by atoms with Crippen molar-refractivity contribution in [3.05, 3.63) is 42.0 Å². The van der Waals surface area contributed by atoms with Gasteiger partial charge in [-0.1, -0.05) is 30.3 Å². The van der Waals surface area contributed by atoms with Gasteiger partial charge in [-0.05, 0) is 19.4 Å². The van der Waals surface area contributed by atoms with Crippen LogP contribution in [0, 0.1) is 0 Å². The fourth-order valence-electron chi connectivity index (χ4n) is 2.68. The first-order valence-corrected chi connectivity index (χ1v) is 11.0. The first-order valence-electron chi connectivity index (χ1n) is 9.35. The number of aliphatic imine (C=N–C) groups is 1. The Morgan fingerprint density at radius 3 is 2.55 bits per heavy atom. The summed E-state index contributed by atoms with van der Waals surface area (Å²) in [6.07, 6.45) is -0.568. The van der Waals surface area contributed by atoms with Gasteiger partial charge in [-0.15, -0.1) is 0 Å². The molecule has 2 heterocycles. The van der Waals surface area contributed by atoms with E-state index in [1.54, 1.807) is 13.0 Å². The third kappa shape index (κ3) is 7.20. The second-order valence-electron chi connectivity index (χ2n) is 6.37. The summed E-state index contributed by atoms with van der Waals surface area (Å²) in [5, 5.41) is 13.8. The van der Waals surface area contributed by atoms with E-state index in [1.807, 2.05) is 37.3 Å². The van der Waals surface area contributed by atoms with Crippen molar-refractivity contribution >= 4 is 44.9 Å². The molecule has 1 unspecified atom stereocenters. The van der Waals surface area contributed by atoms with Crippen LogP contribution in [0.15, 0.2) is 41.4 Å². The number of amides is 1. The van der Waals surface area contributed by atoms with Crippen molar-refractivity contribution in [1.82, 2.24) is 4.98 Å². The van der Waals surface area contributed by atoms with Crippen molar-refractivity contribution < 1.29 is 27.6 Å². The molecule has 31 heavy (non-hydrogen) atoms. The molecule has 0 saturated carbocycles. The molecule has 1 aliphatic rings. The van der Waals surface area contributed by atoms with E-state index in [4.69, 9.17) is 20.1 Å². The van der Waals surface area contributed by atoms with E-state index in [0.29, 0.717) is 11.5 Å². The number of nitrogens with two attached hydrogens (primary N) is 1. The molecule has 0 saturated heterocycles. The molecule has 1 atom stereocenters. The molecule has 0 aliphatic carbocycles. The minimum atomic E-state index is -3.92. The topological polar surface area (TPSA) is 176 Å². The van der Waals surface area contributed by atoms with Gasteiger partial charge in [0.15, 0.2) is 5.82 Å². The molecule has 0 radical (unpaired) electrons. The summed E-state index contributed by atoms with van der Waals surface area (Å²) in [7, 11) is -3.92. The van der Waals surface area contributed by atoms with E-state index in [0.717, 1.165) is 17.0 Å². The molecule has 3 rings (SSSR count). The average Bonchev–Trinajstić information content (AvgIpc) is 2.68. The molecule has 2 aromatic rings. The van der Waals surface area contributed by atoms with Gasteiger partial charge < -0.3 is 20.9 Å². The summed E-state index contributed by atoms with van der Waals surface area (Å²) in [6, 6.07) is 11.6. The fraction of sp³-hybridized carbons (Fsp3) is 0.316. The summed E-state index contributed by atoms with van der Waals surface area (Å²) in [4.78, 5) is 20.4. The number of rotatable bonds is 5. The zero-order valence-electron chi connectivity index (χ0n) is 17.1. The molecule has 0 spiro atoms. The lowest BCUT2D eigenvalue weighted by atomic mass is 10.0. The van der Waals surface area contributed by atoms with Crippen LogP contribution in [0.25, 0.3) is 0 Å². The largest absolute Gasteiger partial charge is 0.450 e. The Kier molecular flexibility index (Phi) is 8.30. The number of fused-ring (bicyclic) bond motifs is 1. The van der Waals surface area contributed by atoms with E-state index in [2.05, 4.69) is 20.6 Å². The SMILES string of the molecule is CCOC(=O)Nc1cc2c(c(N)n1)N=C(c1ccccc1)C(C)N2.O=S(=O)(O)CCO.